The lowest BCUT2D eigenvalue weighted by Gasteiger charge is -2.02. The highest BCUT2D eigenvalue weighted by Gasteiger charge is 1.93. The van der Waals surface area contributed by atoms with E-state index < -0.39 is 0 Å². The minimum absolute atomic E-state index is 0.427. The molecule has 0 fully saturated rings. The predicted octanol–water partition coefficient (Wildman–Crippen LogP) is 2.30. The van der Waals surface area contributed by atoms with Gasteiger partial charge in [0.25, 0.3) is 0 Å². The SMILES string of the molecule is S=C([N]Br)Nc1ccccc1. The summed E-state index contributed by atoms with van der Waals surface area (Å²) in [6, 6.07) is 9.65. The van der Waals surface area contributed by atoms with Gasteiger partial charge >= 0.3 is 0 Å². The van der Waals surface area contributed by atoms with Crippen LogP contribution < -0.4 is 9.66 Å². The molecule has 0 saturated heterocycles. The average molecular weight is 230 g/mol. The highest BCUT2D eigenvalue weighted by Crippen LogP contribution is 2.04. The Morgan fingerprint density at radius 1 is 1.36 bits per heavy atom. The van der Waals surface area contributed by atoms with E-state index in [2.05, 4.69) is 25.8 Å². The first-order valence-corrected chi connectivity index (χ1v) is 4.12. The zero-order valence-electron chi connectivity index (χ0n) is 5.62. The predicted molar refractivity (Wildman–Crippen MR) is 53.7 cm³/mol. The van der Waals surface area contributed by atoms with Crippen LogP contribution in [0.2, 0.25) is 0 Å². The van der Waals surface area contributed by atoms with Gasteiger partial charge in [0.1, 0.15) is 0 Å². The molecule has 1 N–H and O–H groups in total. The van der Waals surface area contributed by atoms with Crippen molar-refractivity contribution in [3.8, 4) is 0 Å². The maximum atomic E-state index is 4.81. The molecule has 2 nitrogen and oxygen atoms in total. The van der Waals surface area contributed by atoms with Crippen molar-refractivity contribution in [1.29, 1.82) is 0 Å². The highest BCUT2D eigenvalue weighted by molar-refractivity contribution is 9.08. The standard InChI is InChI=1S/C7H6BrN2S/c8-10-7(11)9-6-4-2-1-3-5-6/h1-5H,(H,9,11). The number of nitrogens with zero attached hydrogens (tertiary/aromatic N) is 1. The number of rotatable bonds is 1. The van der Waals surface area contributed by atoms with Crippen molar-refractivity contribution in [2.45, 2.75) is 0 Å². The van der Waals surface area contributed by atoms with Crippen LogP contribution in [-0.4, -0.2) is 5.11 Å². The molecule has 1 rings (SSSR count). The lowest BCUT2D eigenvalue weighted by atomic mass is 10.3. The lowest BCUT2D eigenvalue weighted by Crippen LogP contribution is -2.13. The number of anilines is 1. The fraction of sp³-hybridized carbons (Fsp3) is 0. The number of thiocarbonyl (C=S) groups is 1. The second kappa shape index (κ2) is 4.31. The summed E-state index contributed by atoms with van der Waals surface area (Å²) >= 11 is 7.71. The molecule has 0 amide bonds. The molecule has 0 atom stereocenters. The summed E-state index contributed by atoms with van der Waals surface area (Å²) < 4.78 is 3.62. The van der Waals surface area contributed by atoms with Crippen molar-refractivity contribution in [2.24, 2.45) is 0 Å². The zero-order chi connectivity index (χ0) is 8.10. The summed E-state index contributed by atoms with van der Waals surface area (Å²) in [4.78, 5) is 0. The molecule has 0 aromatic heterocycles. The van der Waals surface area contributed by atoms with E-state index in [0.717, 1.165) is 5.69 Å². The largest absolute Gasteiger partial charge is 0.330 e. The van der Waals surface area contributed by atoms with Gasteiger partial charge in [0.2, 0.25) is 5.11 Å². The van der Waals surface area contributed by atoms with E-state index in [1.54, 1.807) is 0 Å². The minimum atomic E-state index is 0.427. The van der Waals surface area contributed by atoms with Crippen molar-refractivity contribution in [1.82, 2.24) is 4.34 Å². The molecular formula is C7H6BrN2S. The molecule has 0 spiro atoms. The molecule has 0 aliphatic rings. The van der Waals surface area contributed by atoms with Crippen molar-refractivity contribution in [2.75, 3.05) is 5.32 Å². The van der Waals surface area contributed by atoms with Crippen LogP contribution in [-0.2, 0) is 0 Å². The third-order valence-electron chi connectivity index (χ3n) is 1.10. The molecular weight excluding hydrogens is 224 g/mol. The average Bonchev–Trinajstić information content (AvgIpc) is 2.06. The van der Waals surface area contributed by atoms with Gasteiger partial charge in [0.15, 0.2) is 0 Å². The Kier molecular flexibility index (Phi) is 3.32. The number of para-hydroxylation sites is 1. The van der Waals surface area contributed by atoms with Crippen LogP contribution in [0.15, 0.2) is 30.3 Å². The number of nitrogens with one attached hydrogen (secondary N) is 1. The fourth-order valence-corrected chi connectivity index (χ4v) is 0.873. The molecule has 0 aliphatic heterocycles. The third kappa shape index (κ3) is 2.86. The molecule has 0 heterocycles. The van der Waals surface area contributed by atoms with Crippen LogP contribution in [0, 0.1) is 0 Å². The quantitative estimate of drug-likeness (QED) is 0.749. The summed E-state index contributed by atoms with van der Waals surface area (Å²) in [5.41, 5.74) is 0.945. The van der Waals surface area contributed by atoms with Crippen LogP contribution in [0.5, 0.6) is 0 Å². The topological polar surface area (TPSA) is 26.1 Å². The molecule has 0 aliphatic carbocycles. The fourth-order valence-electron chi connectivity index (χ4n) is 0.666. The Bertz CT molecular complexity index is 237. The number of hydrogen-bond acceptors (Lipinski definition) is 1. The van der Waals surface area contributed by atoms with Crippen LogP contribution in [0.1, 0.15) is 0 Å². The molecule has 11 heavy (non-hydrogen) atoms. The van der Waals surface area contributed by atoms with Crippen molar-refractivity contribution in [3.05, 3.63) is 30.3 Å². The van der Waals surface area contributed by atoms with Gasteiger partial charge in [0.05, 0.1) is 16.1 Å². The summed E-state index contributed by atoms with van der Waals surface area (Å²) in [6.45, 7) is 0. The summed E-state index contributed by atoms with van der Waals surface area (Å²) in [7, 11) is 0. The van der Waals surface area contributed by atoms with Crippen molar-refractivity contribution >= 4 is 39.2 Å². The molecule has 0 saturated carbocycles. The Morgan fingerprint density at radius 3 is 2.55 bits per heavy atom. The summed E-state index contributed by atoms with van der Waals surface area (Å²) in [6.07, 6.45) is 0. The third-order valence-corrected chi connectivity index (χ3v) is 1.88. The Hall–Kier alpha value is -0.610. The second-order valence-corrected chi connectivity index (χ2v) is 2.62. The zero-order valence-corrected chi connectivity index (χ0v) is 8.02. The van der Waals surface area contributed by atoms with Gasteiger partial charge in [-0.05, 0) is 24.4 Å². The van der Waals surface area contributed by atoms with Crippen LogP contribution in [0.25, 0.3) is 0 Å². The van der Waals surface area contributed by atoms with Gasteiger partial charge in [-0.2, -0.15) is 4.34 Å². The normalized spacial score (nSPS) is 8.82. The van der Waals surface area contributed by atoms with Gasteiger partial charge in [0, 0.05) is 5.69 Å². The molecule has 0 unspecified atom stereocenters. The first-order chi connectivity index (χ1) is 5.33. The van der Waals surface area contributed by atoms with E-state index >= 15 is 0 Å². The monoisotopic (exact) mass is 229 g/mol. The van der Waals surface area contributed by atoms with Gasteiger partial charge < -0.3 is 5.32 Å². The maximum Gasteiger partial charge on any atom is 0.204 e. The lowest BCUT2D eigenvalue weighted by molar-refractivity contribution is 1.53. The Balaban J connectivity index is 2.58. The number of hydrogen-bond donors (Lipinski definition) is 1. The number of benzene rings is 1. The molecule has 1 aromatic rings. The first-order valence-electron chi connectivity index (χ1n) is 3.01. The van der Waals surface area contributed by atoms with Crippen LogP contribution in [0.4, 0.5) is 5.69 Å². The second-order valence-electron chi connectivity index (χ2n) is 1.88. The molecule has 4 heteroatoms. The highest BCUT2D eigenvalue weighted by atomic mass is 79.9. The molecule has 1 radical (unpaired) electrons. The van der Waals surface area contributed by atoms with E-state index in [-0.39, 0.29) is 0 Å². The smallest absolute Gasteiger partial charge is 0.204 e. The Labute approximate surface area is 79.3 Å². The molecule has 57 valence electrons. The van der Waals surface area contributed by atoms with Crippen LogP contribution >= 0.6 is 28.4 Å². The van der Waals surface area contributed by atoms with Crippen molar-refractivity contribution < 1.29 is 0 Å². The molecule has 1 aromatic carbocycles. The van der Waals surface area contributed by atoms with Gasteiger partial charge in [-0.1, -0.05) is 18.2 Å². The van der Waals surface area contributed by atoms with Crippen LogP contribution in [0.3, 0.4) is 0 Å². The van der Waals surface area contributed by atoms with E-state index in [4.69, 9.17) is 12.2 Å². The minimum Gasteiger partial charge on any atom is -0.330 e. The van der Waals surface area contributed by atoms with E-state index in [9.17, 15) is 0 Å². The van der Waals surface area contributed by atoms with Gasteiger partial charge in [-0.3, -0.25) is 0 Å². The van der Waals surface area contributed by atoms with Gasteiger partial charge in [-0.25, -0.2) is 0 Å². The summed E-state index contributed by atoms with van der Waals surface area (Å²) in [5, 5.41) is 3.34. The van der Waals surface area contributed by atoms with Crippen molar-refractivity contribution in [3.63, 3.8) is 0 Å². The molecule has 0 bridgehead atoms. The maximum absolute atomic E-state index is 4.81. The van der Waals surface area contributed by atoms with E-state index in [1.807, 2.05) is 30.3 Å². The van der Waals surface area contributed by atoms with Gasteiger partial charge in [-0.15, -0.1) is 0 Å². The number of halogens is 1. The van der Waals surface area contributed by atoms with E-state index in [1.165, 1.54) is 0 Å². The first kappa shape index (κ1) is 8.49. The Morgan fingerprint density at radius 2 is 2.00 bits per heavy atom. The van der Waals surface area contributed by atoms with E-state index in [0.29, 0.717) is 5.11 Å². The summed E-state index contributed by atoms with van der Waals surface area (Å²) in [5.74, 6) is 0.